The zero-order valence-corrected chi connectivity index (χ0v) is 14.6. The Labute approximate surface area is 140 Å². The van der Waals surface area contributed by atoms with Gasteiger partial charge in [-0.25, -0.2) is 15.0 Å². The van der Waals surface area contributed by atoms with Gasteiger partial charge in [0.25, 0.3) is 0 Å². The van der Waals surface area contributed by atoms with Gasteiger partial charge in [0.15, 0.2) is 0 Å². The Bertz CT molecular complexity index is 850. The molecule has 120 valence electrons. The van der Waals surface area contributed by atoms with Crippen LogP contribution >= 0.6 is 11.3 Å². The third-order valence-corrected chi connectivity index (χ3v) is 6.01. The van der Waals surface area contributed by atoms with Crippen molar-refractivity contribution >= 4 is 27.4 Å². The SMILES string of the molecule is Cc1sc2ncnc(N3CCCC(c4nccn4C)C3)c2c1C. The zero-order valence-electron chi connectivity index (χ0n) is 13.8. The summed E-state index contributed by atoms with van der Waals surface area (Å²) in [6, 6.07) is 0. The van der Waals surface area contributed by atoms with E-state index >= 15 is 0 Å². The number of imidazole rings is 1. The zero-order chi connectivity index (χ0) is 16.0. The molecule has 3 aromatic heterocycles. The van der Waals surface area contributed by atoms with Crippen LogP contribution in [0.5, 0.6) is 0 Å². The molecule has 1 aliphatic heterocycles. The molecule has 0 bridgehead atoms. The van der Waals surface area contributed by atoms with Crippen LogP contribution in [0.1, 0.15) is 35.0 Å². The van der Waals surface area contributed by atoms with Crippen LogP contribution in [0.3, 0.4) is 0 Å². The number of thiophene rings is 1. The van der Waals surface area contributed by atoms with Crippen LogP contribution in [0.2, 0.25) is 0 Å². The maximum Gasteiger partial charge on any atom is 0.141 e. The van der Waals surface area contributed by atoms with E-state index < -0.39 is 0 Å². The van der Waals surface area contributed by atoms with Crippen LogP contribution in [0.4, 0.5) is 5.82 Å². The van der Waals surface area contributed by atoms with Crippen molar-refractivity contribution in [2.24, 2.45) is 7.05 Å². The summed E-state index contributed by atoms with van der Waals surface area (Å²) < 4.78 is 2.14. The van der Waals surface area contributed by atoms with Gasteiger partial charge in [0.2, 0.25) is 0 Å². The van der Waals surface area contributed by atoms with E-state index in [4.69, 9.17) is 0 Å². The second-order valence-electron chi connectivity index (χ2n) is 6.34. The van der Waals surface area contributed by atoms with Crippen molar-refractivity contribution < 1.29 is 0 Å². The van der Waals surface area contributed by atoms with Gasteiger partial charge in [-0.1, -0.05) is 0 Å². The smallest absolute Gasteiger partial charge is 0.141 e. The topological polar surface area (TPSA) is 46.8 Å². The van der Waals surface area contributed by atoms with E-state index in [0.717, 1.165) is 23.7 Å². The fourth-order valence-corrected chi connectivity index (χ4v) is 4.55. The van der Waals surface area contributed by atoms with E-state index in [2.05, 4.69) is 45.3 Å². The van der Waals surface area contributed by atoms with Crippen molar-refractivity contribution in [3.05, 3.63) is 35.0 Å². The quantitative estimate of drug-likeness (QED) is 0.723. The number of fused-ring (bicyclic) bond motifs is 1. The molecule has 0 radical (unpaired) electrons. The minimum absolute atomic E-state index is 0.466. The van der Waals surface area contributed by atoms with E-state index in [1.807, 2.05) is 12.4 Å². The molecule has 4 heterocycles. The highest BCUT2D eigenvalue weighted by Crippen LogP contribution is 2.36. The molecule has 0 aliphatic carbocycles. The van der Waals surface area contributed by atoms with Gasteiger partial charge in [-0.2, -0.15) is 0 Å². The van der Waals surface area contributed by atoms with Gasteiger partial charge in [-0.3, -0.25) is 0 Å². The Balaban J connectivity index is 1.72. The van der Waals surface area contributed by atoms with Gasteiger partial charge >= 0.3 is 0 Å². The van der Waals surface area contributed by atoms with Crippen molar-refractivity contribution in [3.63, 3.8) is 0 Å². The van der Waals surface area contributed by atoms with E-state index in [9.17, 15) is 0 Å². The molecule has 0 saturated carbocycles. The Hall–Kier alpha value is -1.95. The van der Waals surface area contributed by atoms with E-state index in [-0.39, 0.29) is 0 Å². The summed E-state index contributed by atoms with van der Waals surface area (Å²) in [5.41, 5.74) is 1.32. The fraction of sp³-hybridized carbons (Fsp3) is 0.471. The molecule has 0 N–H and O–H groups in total. The van der Waals surface area contributed by atoms with Gasteiger partial charge in [0, 0.05) is 43.3 Å². The number of aromatic nitrogens is 4. The molecular formula is C17H21N5S. The predicted octanol–water partition coefficient (Wildman–Crippen LogP) is 3.43. The molecular weight excluding hydrogens is 306 g/mol. The highest BCUT2D eigenvalue weighted by atomic mass is 32.1. The number of rotatable bonds is 2. The number of hydrogen-bond acceptors (Lipinski definition) is 5. The second kappa shape index (κ2) is 5.60. The molecule has 1 aliphatic rings. The fourth-order valence-electron chi connectivity index (χ4n) is 3.55. The standard InChI is InChI=1S/C17H21N5S/c1-11-12(2)23-17-14(11)16(19-10-20-17)22-7-4-5-13(9-22)15-18-6-8-21(15)3/h6,8,10,13H,4-5,7,9H2,1-3H3. The summed E-state index contributed by atoms with van der Waals surface area (Å²) in [5.74, 6) is 2.74. The largest absolute Gasteiger partial charge is 0.355 e. The lowest BCUT2D eigenvalue weighted by molar-refractivity contribution is 0.479. The van der Waals surface area contributed by atoms with Crippen molar-refractivity contribution in [1.29, 1.82) is 0 Å². The van der Waals surface area contributed by atoms with Crippen molar-refractivity contribution in [2.75, 3.05) is 18.0 Å². The lowest BCUT2D eigenvalue weighted by atomic mass is 9.97. The normalized spacial score (nSPS) is 18.7. The average Bonchev–Trinajstić information content (AvgIpc) is 3.11. The first-order valence-corrected chi connectivity index (χ1v) is 8.89. The van der Waals surface area contributed by atoms with Crippen LogP contribution in [-0.2, 0) is 7.05 Å². The molecule has 6 heteroatoms. The van der Waals surface area contributed by atoms with Crippen LogP contribution < -0.4 is 4.90 Å². The maximum atomic E-state index is 4.64. The molecule has 5 nitrogen and oxygen atoms in total. The summed E-state index contributed by atoms with van der Waals surface area (Å²) in [7, 11) is 2.08. The number of hydrogen-bond donors (Lipinski definition) is 0. The third kappa shape index (κ3) is 2.41. The molecule has 0 amide bonds. The lowest BCUT2D eigenvalue weighted by Crippen LogP contribution is -2.36. The highest BCUT2D eigenvalue weighted by molar-refractivity contribution is 7.18. The maximum absolute atomic E-state index is 4.64. The average molecular weight is 327 g/mol. The number of piperidine rings is 1. The first kappa shape index (κ1) is 14.6. The van der Waals surface area contributed by atoms with E-state index in [1.54, 1.807) is 17.7 Å². The van der Waals surface area contributed by atoms with E-state index in [1.165, 1.54) is 34.5 Å². The van der Waals surface area contributed by atoms with Crippen LogP contribution in [0.15, 0.2) is 18.7 Å². The van der Waals surface area contributed by atoms with Crippen LogP contribution in [0.25, 0.3) is 10.2 Å². The first-order valence-electron chi connectivity index (χ1n) is 8.08. The number of aryl methyl sites for hydroxylation is 3. The molecule has 1 saturated heterocycles. The minimum atomic E-state index is 0.466. The summed E-state index contributed by atoms with van der Waals surface area (Å²) in [6.07, 6.45) is 7.99. The highest BCUT2D eigenvalue weighted by Gasteiger charge is 2.26. The second-order valence-corrected chi connectivity index (χ2v) is 7.55. The Morgan fingerprint density at radius 3 is 2.87 bits per heavy atom. The molecule has 1 fully saturated rings. The predicted molar refractivity (Wildman–Crippen MR) is 94.3 cm³/mol. The monoisotopic (exact) mass is 327 g/mol. The van der Waals surface area contributed by atoms with Gasteiger partial charge in [-0.15, -0.1) is 11.3 Å². The van der Waals surface area contributed by atoms with Gasteiger partial charge < -0.3 is 9.47 Å². The molecule has 1 unspecified atom stereocenters. The van der Waals surface area contributed by atoms with Crippen molar-refractivity contribution in [1.82, 2.24) is 19.5 Å². The summed E-state index contributed by atoms with van der Waals surface area (Å²) >= 11 is 1.76. The lowest BCUT2D eigenvalue weighted by Gasteiger charge is -2.33. The van der Waals surface area contributed by atoms with Gasteiger partial charge in [0.1, 0.15) is 22.8 Å². The minimum Gasteiger partial charge on any atom is -0.355 e. The van der Waals surface area contributed by atoms with Crippen LogP contribution in [-0.4, -0.2) is 32.6 Å². The Morgan fingerprint density at radius 1 is 1.22 bits per heavy atom. The number of anilines is 1. The first-order chi connectivity index (χ1) is 11.1. The Morgan fingerprint density at radius 2 is 2.09 bits per heavy atom. The van der Waals surface area contributed by atoms with Gasteiger partial charge in [-0.05, 0) is 32.3 Å². The molecule has 0 aromatic carbocycles. The van der Waals surface area contributed by atoms with Crippen molar-refractivity contribution in [2.45, 2.75) is 32.6 Å². The molecule has 3 aromatic rings. The van der Waals surface area contributed by atoms with Gasteiger partial charge in [0.05, 0.1) is 5.39 Å². The third-order valence-electron chi connectivity index (χ3n) is 4.89. The summed E-state index contributed by atoms with van der Waals surface area (Å²) in [6.45, 7) is 6.38. The molecule has 0 spiro atoms. The summed E-state index contributed by atoms with van der Waals surface area (Å²) in [4.78, 5) is 18.5. The Kier molecular flexibility index (Phi) is 3.56. The molecule has 1 atom stereocenters. The number of nitrogens with zero attached hydrogens (tertiary/aromatic N) is 5. The van der Waals surface area contributed by atoms with E-state index in [0.29, 0.717) is 5.92 Å². The summed E-state index contributed by atoms with van der Waals surface area (Å²) in [5, 5.41) is 1.23. The van der Waals surface area contributed by atoms with Crippen LogP contribution in [0, 0.1) is 13.8 Å². The molecule has 4 rings (SSSR count). The van der Waals surface area contributed by atoms with Crippen molar-refractivity contribution in [3.8, 4) is 0 Å². The molecule has 23 heavy (non-hydrogen) atoms.